The molecule has 0 saturated carbocycles. The minimum absolute atomic E-state index is 0.0180. The van der Waals surface area contributed by atoms with Gasteiger partial charge < -0.3 is 15.0 Å². The van der Waals surface area contributed by atoms with Crippen molar-refractivity contribution in [3.05, 3.63) is 88.4 Å². The molecule has 1 atom stereocenters. The SMILES string of the molecule is CCCCNC(=O)[C@@H](CC)N(Cc1ccccc1Cl)C(=O)CN(c1cccc(Cl)c1)S(=O)(=O)c1ccc(OC)cc1. The first kappa shape index (κ1) is 32.2. The summed E-state index contributed by atoms with van der Waals surface area (Å²) in [6.07, 6.45) is 2.01. The van der Waals surface area contributed by atoms with E-state index in [1.54, 1.807) is 49.4 Å². The van der Waals surface area contributed by atoms with Gasteiger partial charge >= 0.3 is 0 Å². The van der Waals surface area contributed by atoms with E-state index in [1.165, 1.54) is 42.3 Å². The highest BCUT2D eigenvalue weighted by Gasteiger charge is 2.34. The van der Waals surface area contributed by atoms with Gasteiger partial charge in [-0.2, -0.15) is 0 Å². The lowest BCUT2D eigenvalue weighted by molar-refractivity contribution is -0.140. The van der Waals surface area contributed by atoms with Gasteiger partial charge in [0.05, 0.1) is 17.7 Å². The minimum Gasteiger partial charge on any atom is -0.497 e. The molecule has 3 aromatic rings. The number of methoxy groups -OCH3 is 1. The number of sulfonamides is 1. The van der Waals surface area contributed by atoms with Gasteiger partial charge in [-0.3, -0.25) is 13.9 Å². The van der Waals surface area contributed by atoms with Crippen molar-refractivity contribution >= 4 is 50.7 Å². The lowest BCUT2D eigenvalue weighted by Gasteiger charge is -2.33. The summed E-state index contributed by atoms with van der Waals surface area (Å²) >= 11 is 12.7. The van der Waals surface area contributed by atoms with Crippen LogP contribution in [0.5, 0.6) is 5.75 Å². The highest BCUT2D eigenvalue weighted by atomic mass is 35.5. The van der Waals surface area contributed by atoms with E-state index < -0.39 is 28.5 Å². The third-order valence-electron chi connectivity index (χ3n) is 6.54. The summed E-state index contributed by atoms with van der Waals surface area (Å²) in [6.45, 7) is 3.74. The van der Waals surface area contributed by atoms with Crippen LogP contribution >= 0.6 is 23.2 Å². The number of nitrogens with one attached hydrogen (secondary N) is 1. The fourth-order valence-corrected chi connectivity index (χ4v) is 6.06. The van der Waals surface area contributed by atoms with E-state index in [4.69, 9.17) is 27.9 Å². The van der Waals surface area contributed by atoms with Gasteiger partial charge in [-0.05, 0) is 66.9 Å². The van der Waals surface area contributed by atoms with E-state index in [9.17, 15) is 18.0 Å². The molecule has 1 N–H and O–H groups in total. The Labute approximate surface area is 252 Å². The standard InChI is InChI=1S/C30H35Cl2N3O5S/c1-4-6-18-33-30(37)28(5-2)34(20-22-10-7-8-13-27(22)32)29(36)21-35(24-12-9-11-23(31)19-24)41(38,39)26-16-14-25(40-3)15-17-26/h7-17,19,28H,4-6,18,20-21H2,1-3H3,(H,33,37)/t28-/m1/s1. The molecule has 0 radical (unpaired) electrons. The van der Waals surface area contributed by atoms with Crippen molar-refractivity contribution in [3.8, 4) is 5.75 Å². The largest absolute Gasteiger partial charge is 0.497 e. The van der Waals surface area contributed by atoms with E-state index in [0.29, 0.717) is 34.3 Å². The van der Waals surface area contributed by atoms with Gasteiger partial charge in [0.1, 0.15) is 18.3 Å². The van der Waals surface area contributed by atoms with E-state index in [1.807, 2.05) is 6.92 Å². The number of ether oxygens (including phenoxy) is 1. The third-order valence-corrected chi connectivity index (χ3v) is 8.93. The Hall–Kier alpha value is -3.27. The zero-order chi connectivity index (χ0) is 30.0. The summed E-state index contributed by atoms with van der Waals surface area (Å²) < 4.78 is 34.0. The van der Waals surface area contributed by atoms with Crippen molar-refractivity contribution in [2.45, 2.75) is 50.6 Å². The quantitative estimate of drug-likeness (QED) is 0.226. The molecule has 0 aliphatic carbocycles. The summed E-state index contributed by atoms with van der Waals surface area (Å²) in [4.78, 5) is 28.7. The summed E-state index contributed by atoms with van der Waals surface area (Å²) in [6, 6.07) is 18.3. The monoisotopic (exact) mass is 619 g/mol. The molecule has 0 aliphatic heterocycles. The summed E-state index contributed by atoms with van der Waals surface area (Å²) in [5.41, 5.74) is 0.842. The molecule has 0 heterocycles. The minimum atomic E-state index is -4.23. The normalized spacial score (nSPS) is 11.9. The van der Waals surface area contributed by atoms with E-state index in [-0.39, 0.29) is 23.0 Å². The Morgan fingerprint density at radius 2 is 1.68 bits per heavy atom. The smallest absolute Gasteiger partial charge is 0.264 e. The van der Waals surface area contributed by atoms with Crippen molar-refractivity contribution < 1.29 is 22.7 Å². The molecule has 0 fully saturated rings. The van der Waals surface area contributed by atoms with Crippen LogP contribution in [0.2, 0.25) is 10.0 Å². The molecule has 11 heteroatoms. The average Bonchev–Trinajstić information content (AvgIpc) is 2.96. The fourth-order valence-electron chi connectivity index (χ4n) is 4.27. The maximum absolute atomic E-state index is 14.1. The van der Waals surface area contributed by atoms with Crippen LogP contribution in [0.15, 0.2) is 77.7 Å². The first-order valence-electron chi connectivity index (χ1n) is 13.3. The number of nitrogens with zero attached hydrogens (tertiary/aromatic N) is 2. The molecule has 8 nitrogen and oxygen atoms in total. The molecule has 220 valence electrons. The summed E-state index contributed by atoms with van der Waals surface area (Å²) in [5.74, 6) is -0.395. The zero-order valence-electron chi connectivity index (χ0n) is 23.3. The first-order valence-corrected chi connectivity index (χ1v) is 15.5. The number of hydrogen-bond acceptors (Lipinski definition) is 5. The number of anilines is 1. The van der Waals surface area contributed by atoms with Gasteiger partial charge in [-0.1, -0.05) is 67.7 Å². The van der Waals surface area contributed by atoms with Gasteiger partial charge in [-0.15, -0.1) is 0 Å². The van der Waals surface area contributed by atoms with Gasteiger partial charge in [-0.25, -0.2) is 8.42 Å². The van der Waals surface area contributed by atoms with Crippen LogP contribution in [-0.2, 0) is 26.2 Å². The second kappa shape index (κ2) is 15.1. The van der Waals surface area contributed by atoms with Crippen LogP contribution in [0, 0.1) is 0 Å². The molecular weight excluding hydrogens is 585 g/mol. The van der Waals surface area contributed by atoms with Crippen molar-refractivity contribution in [1.29, 1.82) is 0 Å². The molecule has 0 spiro atoms. The number of halogens is 2. The van der Waals surface area contributed by atoms with Crippen molar-refractivity contribution in [2.24, 2.45) is 0 Å². The average molecular weight is 621 g/mol. The fraction of sp³-hybridized carbons (Fsp3) is 0.333. The highest BCUT2D eigenvalue weighted by Crippen LogP contribution is 2.28. The second-order valence-electron chi connectivity index (χ2n) is 9.35. The van der Waals surface area contributed by atoms with Gasteiger partial charge in [0.25, 0.3) is 10.0 Å². The number of unbranched alkanes of at least 4 members (excludes halogenated alkanes) is 1. The third kappa shape index (κ3) is 8.38. The molecule has 0 aromatic heterocycles. The number of hydrogen-bond donors (Lipinski definition) is 1. The predicted octanol–water partition coefficient (Wildman–Crippen LogP) is 5.92. The van der Waals surface area contributed by atoms with Crippen LogP contribution in [0.3, 0.4) is 0 Å². The topological polar surface area (TPSA) is 96.0 Å². The molecule has 0 unspecified atom stereocenters. The molecule has 2 amide bonds. The first-order chi connectivity index (χ1) is 19.6. The number of amides is 2. The molecule has 0 bridgehead atoms. The number of carbonyl (C=O) groups excluding carboxylic acids is 2. The van der Waals surface area contributed by atoms with Crippen molar-refractivity contribution in [3.63, 3.8) is 0 Å². The second-order valence-corrected chi connectivity index (χ2v) is 12.1. The molecule has 3 rings (SSSR count). The van der Waals surface area contributed by atoms with E-state index >= 15 is 0 Å². The molecule has 0 aliphatic rings. The van der Waals surface area contributed by atoms with Crippen molar-refractivity contribution in [1.82, 2.24) is 10.2 Å². The highest BCUT2D eigenvalue weighted by molar-refractivity contribution is 7.92. The lowest BCUT2D eigenvalue weighted by Crippen LogP contribution is -2.52. The van der Waals surface area contributed by atoms with Crippen LogP contribution in [0.25, 0.3) is 0 Å². The van der Waals surface area contributed by atoms with Gasteiger partial charge in [0, 0.05) is 23.1 Å². The van der Waals surface area contributed by atoms with Gasteiger partial charge in [0.2, 0.25) is 11.8 Å². The molecule has 41 heavy (non-hydrogen) atoms. The summed E-state index contributed by atoms with van der Waals surface area (Å²) in [7, 11) is -2.75. The maximum Gasteiger partial charge on any atom is 0.264 e. The molecule has 3 aromatic carbocycles. The Bertz CT molecular complexity index is 1430. The lowest BCUT2D eigenvalue weighted by atomic mass is 10.1. The number of carbonyl (C=O) groups is 2. The Morgan fingerprint density at radius 1 is 0.976 bits per heavy atom. The van der Waals surface area contributed by atoms with Crippen LogP contribution < -0.4 is 14.4 Å². The zero-order valence-corrected chi connectivity index (χ0v) is 25.7. The van der Waals surface area contributed by atoms with Crippen LogP contribution in [0.1, 0.15) is 38.7 Å². The maximum atomic E-state index is 14.1. The summed E-state index contributed by atoms with van der Waals surface area (Å²) in [5, 5.41) is 3.64. The Morgan fingerprint density at radius 3 is 2.29 bits per heavy atom. The van der Waals surface area contributed by atoms with Crippen molar-refractivity contribution in [2.75, 3.05) is 24.5 Å². The Balaban J connectivity index is 2.05. The van der Waals surface area contributed by atoms with Crippen LogP contribution in [0.4, 0.5) is 5.69 Å². The predicted molar refractivity (Wildman–Crippen MR) is 163 cm³/mol. The van der Waals surface area contributed by atoms with Crippen LogP contribution in [-0.4, -0.2) is 51.4 Å². The van der Waals surface area contributed by atoms with E-state index in [2.05, 4.69) is 5.32 Å². The Kier molecular flexibility index (Phi) is 11.9. The van der Waals surface area contributed by atoms with E-state index in [0.717, 1.165) is 17.1 Å². The molecule has 0 saturated heterocycles. The number of benzene rings is 3. The molecular formula is C30H35Cl2N3O5S. The van der Waals surface area contributed by atoms with Gasteiger partial charge in [0.15, 0.2) is 0 Å². The number of rotatable bonds is 14.